The smallest absolute Gasteiger partial charge is 0.342 e. The van der Waals surface area contributed by atoms with E-state index in [1.807, 2.05) is 36.4 Å². The van der Waals surface area contributed by atoms with E-state index < -0.39 is 5.97 Å². The number of phenolic OH excluding ortho intramolecular Hbond substituents is 1. The number of phenols is 1. The number of fused-ring (bicyclic) bond motifs is 3. The maximum atomic E-state index is 12.8. The standard InChI is InChI=1S/C24H24O4/c1-4-27-24(26)22-18(16-8-6-5-7-9-16)13-20-21(23(22)25)19-12-14(2)10-11-17(19)15(3)28-20/h5-9,12-13,17,19,25H,3-4,10-11H2,1-2H3/t17-,19?/m1/s1. The van der Waals surface area contributed by atoms with Crippen LogP contribution in [0.5, 0.6) is 11.5 Å². The fourth-order valence-electron chi connectivity index (χ4n) is 4.25. The Morgan fingerprint density at radius 1 is 1.32 bits per heavy atom. The van der Waals surface area contributed by atoms with Gasteiger partial charge in [0.1, 0.15) is 22.8 Å². The summed E-state index contributed by atoms with van der Waals surface area (Å²) in [5, 5.41) is 11.2. The number of hydrogen-bond donors (Lipinski definition) is 1. The molecule has 0 amide bonds. The molecular weight excluding hydrogens is 352 g/mol. The minimum Gasteiger partial charge on any atom is -0.507 e. The molecule has 1 aliphatic heterocycles. The minimum absolute atomic E-state index is 0.0525. The van der Waals surface area contributed by atoms with Crippen molar-refractivity contribution < 1.29 is 19.4 Å². The van der Waals surface area contributed by atoms with Crippen LogP contribution in [0.4, 0.5) is 0 Å². The minimum atomic E-state index is -0.529. The fraction of sp³-hybridized carbons (Fsp3) is 0.292. The van der Waals surface area contributed by atoms with Gasteiger partial charge in [-0.05, 0) is 38.3 Å². The van der Waals surface area contributed by atoms with Gasteiger partial charge in [0.2, 0.25) is 0 Å². The lowest BCUT2D eigenvalue weighted by Gasteiger charge is -2.37. The molecule has 28 heavy (non-hydrogen) atoms. The van der Waals surface area contributed by atoms with Gasteiger partial charge < -0.3 is 14.6 Å². The molecule has 4 heteroatoms. The Bertz CT molecular complexity index is 972. The Hall–Kier alpha value is -3.01. The van der Waals surface area contributed by atoms with Crippen LogP contribution in [0.1, 0.15) is 48.5 Å². The molecular formula is C24H24O4. The summed E-state index contributed by atoms with van der Waals surface area (Å²) in [5.74, 6) is 0.732. The highest BCUT2D eigenvalue weighted by atomic mass is 16.5. The SMILES string of the molecule is C=C1Oc2cc(-c3ccccc3)c(C(=O)OCC)c(O)c2C2C=C(C)CC[C@H]12. The summed E-state index contributed by atoms with van der Waals surface area (Å²) in [6.45, 7) is 8.20. The number of aromatic hydroxyl groups is 1. The zero-order chi connectivity index (χ0) is 19.8. The first-order valence-electron chi connectivity index (χ1n) is 9.67. The van der Waals surface area contributed by atoms with E-state index in [0.717, 1.165) is 18.4 Å². The third-order valence-electron chi connectivity index (χ3n) is 5.60. The summed E-state index contributed by atoms with van der Waals surface area (Å²) >= 11 is 0. The molecule has 4 rings (SSSR count). The summed E-state index contributed by atoms with van der Waals surface area (Å²) in [5.41, 5.74) is 3.53. The van der Waals surface area contributed by atoms with Crippen LogP contribution >= 0.6 is 0 Å². The van der Waals surface area contributed by atoms with Gasteiger partial charge >= 0.3 is 5.97 Å². The molecule has 4 nitrogen and oxygen atoms in total. The van der Waals surface area contributed by atoms with E-state index in [0.29, 0.717) is 22.6 Å². The quantitative estimate of drug-likeness (QED) is 0.561. The Balaban J connectivity index is 1.98. The largest absolute Gasteiger partial charge is 0.507 e. The second kappa shape index (κ2) is 7.19. The van der Waals surface area contributed by atoms with Crippen molar-refractivity contribution >= 4 is 5.97 Å². The number of hydrogen-bond acceptors (Lipinski definition) is 4. The van der Waals surface area contributed by atoms with Gasteiger partial charge in [0, 0.05) is 23.0 Å². The average Bonchev–Trinajstić information content (AvgIpc) is 2.68. The molecule has 2 atom stereocenters. The molecule has 0 radical (unpaired) electrons. The van der Waals surface area contributed by atoms with Crippen LogP contribution in [-0.2, 0) is 4.74 Å². The third-order valence-corrected chi connectivity index (χ3v) is 5.60. The van der Waals surface area contributed by atoms with Crippen LogP contribution in [0, 0.1) is 5.92 Å². The number of carbonyl (C=O) groups is 1. The van der Waals surface area contributed by atoms with E-state index in [-0.39, 0.29) is 29.8 Å². The molecule has 2 aliphatic rings. The van der Waals surface area contributed by atoms with Crippen molar-refractivity contribution in [3.63, 3.8) is 0 Å². The van der Waals surface area contributed by atoms with Crippen molar-refractivity contribution in [2.75, 3.05) is 6.61 Å². The first-order valence-corrected chi connectivity index (χ1v) is 9.67. The van der Waals surface area contributed by atoms with Gasteiger partial charge in [0.05, 0.1) is 6.61 Å². The highest BCUT2D eigenvalue weighted by Gasteiger charge is 2.39. The lowest BCUT2D eigenvalue weighted by molar-refractivity contribution is 0.0523. The number of rotatable bonds is 3. The second-order valence-corrected chi connectivity index (χ2v) is 7.40. The topological polar surface area (TPSA) is 55.8 Å². The van der Waals surface area contributed by atoms with Crippen LogP contribution in [-0.4, -0.2) is 17.7 Å². The highest BCUT2D eigenvalue weighted by Crippen LogP contribution is 2.53. The Morgan fingerprint density at radius 2 is 2.07 bits per heavy atom. The van der Waals surface area contributed by atoms with Crippen molar-refractivity contribution in [2.45, 2.75) is 32.6 Å². The molecule has 1 aliphatic carbocycles. The normalized spacial score (nSPS) is 20.5. The van der Waals surface area contributed by atoms with Gasteiger partial charge in [-0.25, -0.2) is 4.79 Å². The van der Waals surface area contributed by atoms with E-state index >= 15 is 0 Å². The lowest BCUT2D eigenvalue weighted by atomic mass is 9.73. The zero-order valence-corrected chi connectivity index (χ0v) is 16.2. The van der Waals surface area contributed by atoms with Crippen molar-refractivity contribution in [2.24, 2.45) is 5.92 Å². The van der Waals surface area contributed by atoms with Gasteiger partial charge in [-0.15, -0.1) is 0 Å². The summed E-state index contributed by atoms with van der Waals surface area (Å²) < 4.78 is 11.3. The Morgan fingerprint density at radius 3 is 2.79 bits per heavy atom. The predicted octanol–water partition coefficient (Wildman–Crippen LogP) is 5.58. The summed E-state index contributed by atoms with van der Waals surface area (Å²) in [4.78, 5) is 12.8. The lowest BCUT2D eigenvalue weighted by Crippen LogP contribution is -2.26. The van der Waals surface area contributed by atoms with E-state index in [2.05, 4.69) is 19.6 Å². The molecule has 0 aromatic heterocycles. The fourth-order valence-corrected chi connectivity index (χ4v) is 4.25. The second-order valence-electron chi connectivity index (χ2n) is 7.40. The molecule has 0 fully saturated rings. The number of carbonyl (C=O) groups excluding carboxylic acids is 1. The van der Waals surface area contributed by atoms with E-state index in [4.69, 9.17) is 9.47 Å². The molecule has 1 unspecified atom stereocenters. The van der Waals surface area contributed by atoms with Gasteiger partial charge in [0.25, 0.3) is 0 Å². The van der Waals surface area contributed by atoms with Crippen molar-refractivity contribution in [1.82, 2.24) is 0 Å². The van der Waals surface area contributed by atoms with Crippen molar-refractivity contribution in [3.8, 4) is 22.6 Å². The molecule has 2 aromatic rings. The molecule has 1 N–H and O–H groups in total. The zero-order valence-electron chi connectivity index (χ0n) is 16.2. The first kappa shape index (κ1) is 18.4. The molecule has 1 heterocycles. The number of ether oxygens (including phenoxy) is 2. The molecule has 2 aromatic carbocycles. The number of esters is 1. The van der Waals surface area contributed by atoms with E-state index in [1.54, 1.807) is 6.92 Å². The summed E-state index contributed by atoms with van der Waals surface area (Å²) in [6.07, 6.45) is 4.06. The maximum Gasteiger partial charge on any atom is 0.342 e. The number of benzene rings is 2. The van der Waals surface area contributed by atoms with Gasteiger partial charge in [-0.1, -0.05) is 48.6 Å². The summed E-state index contributed by atoms with van der Waals surface area (Å²) in [7, 11) is 0. The van der Waals surface area contributed by atoms with E-state index in [1.165, 1.54) is 5.57 Å². The maximum absolute atomic E-state index is 12.8. The number of allylic oxidation sites excluding steroid dienone is 3. The van der Waals surface area contributed by atoms with Crippen LogP contribution in [0.15, 0.2) is 60.4 Å². The molecule has 0 saturated heterocycles. The van der Waals surface area contributed by atoms with Gasteiger partial charge in [0.15, 0.2) is 0 Å². The monoisotopic (exact) mass is 376 g/mol. The molecule has 0 spiro atoms. The Kier molecular flexibility index (Phi) is 4.71. The van der Waals surface area contributed by atoms with Gasteiger partial charge in [-0.2, -0.15) is 0 Å². The van der Waals surface area contributed by atoms with Crippen molar-refractivity contribution in [1.29, 1.82) is 0 Å². The van der Waals surface area contributed by atoms with Crippen LogP contribution in [0.25, 0.3) is 11.1 Å². The van der Waals surface area contributed by atoms with E-state index in [9.17, 15) is 9.90 Å². The third kappa shape index (κ3) is 2.99. The Labute approximate surface area is 165 Å². The van der Waals surface area contributed by atoms with Gasteiger partial charge in [-0.3, -0.25) is 0 Å². The van der Waals surface area contributed by atoms with Crippen LogP contribution < -0.4 is 4.74 Å². The first-order chi connectivity index (χ1) is 13.5. The highest BCUT2D eigenvalue weighted by molar-refractivity contribution is 6.01. The van der Waals surface area contributed by atoms with Crippen molar-refractivity contribution in [3.05, 3.63) is 71.5 Å². The van der Waals surface area contributed by atoms with Crippen LogP contribution in [0.2, 0.25) is 0 Å². The molecule has 0 saturated carbocycles. The average molecular weight is 376 g/mol. The summed E-state index contributed by atoms with van der Waals surface area (Å²) in [6, 6.07) is 11.3. The van der Waals surface area contributed by atoms with Crippen LogP contribution in [0.3, 0.4) is 0 Å². The predicted molar refractivity (Wildman–Crippen MR) is 108 cm³/mol. The molecule has 0 bridgehead atoms. The molecule has 144 valence electrons.